The molecule has 1 saturated heterocycles. The van der Waals surface area contributed by atoms with Crippen LogP contribution in [-0.2, 0) is 9.47 Å². The molecular formula is C10H16N4O3. The van der Waals surface area contributed by atoms with Crippen LogP contribution in [0.15, 0.2) is 6.20 Å². The number of amides is 1. The molecule has 4 N–H and O–H groups in total. The summed E-state index contributed by atoms with van der Waals surface area (Å²) < 4.78 is 10.7. The highest BCUT2D eigenvalue weighted by atomic mass is 16.5. The van der Waals surface area contributed by atoms with E-state index in [2.05, 4.69) is 15.5 Å². The van der Waals surface area contributed by atoms with E-state index in [9.17, 15) is 4.79 Å². The number of aromatic amines is 1. The normalized spacial score (nSPS) is 23.8. The first kappa shape index (κ1) is 11.9. The van der Waals surface area contributed by atoms with Gasteiger partial charge in [-0.2, -0.15) is 5.10 Å². The van der Waals surface area contributed by atoms with Crippen molar-refractivity contribution in [2.75, 3.05) is 32.6 Å². The van der Waals surface area contributed by atoms with Gasteiger partial charge in [0.1, 0.15) is 11.3 Å². The predicted molar refractivity (Wildman–Crippen MR) is 60.5 cm³/mol. The summed E-state index contributed by atoms with van der Waals surface area (Å²) in [4.78, 5) is 11.8. The summed E-state index contributed by atoms with van der Waals surface area (Å²) in [5, 5.41) is 9.01. The van der Waals surface area contributed by atoms with Gasteiger partial charge in [-0.05, 0) is 0 Å². The number of hydrogen-bond acceptors (Lipinski definition) is 5. The second-order valence-corrected chi connectivity index (χ2v) is 4.07. The Morgan fingerprint density at radius 3 is 3.18 bits per heavy atom. The van der Waals surface area contributed by atoms with Crippen molar-refractivity contribution in [2.24, 2.45) is 0 Å². The first-order valence-electron chi connectivity index (χ1n) is 5.37. The van der Waals surface area contributed by atoms with E-state index in [1.54, 1.807) is 7.11 Å². The van der Waals surface area contributed by atoms with E-state index in [4.69, 9.17) is 15.2 Å². The molecule has 1 aliphatic rings. The van der Waals surface area contributed by atoms with Gasteiger partial charge in [-0.3, -0.25) is 9.89 Å². The van der Waals surface area contributed by atoms with Gasteiger partial charge >= 0.3 is 0 Å². The van der Waals surface area contributed by atoms with E-state index in [-0.39, 0.29) is 11.6 Å². The van der Waals surface area contributed by atoms with Crippen LogP contribution in [-0.4, -0.2) is 48.6 Å². The molecule has 0 radical (unpaired) electrons. The lowest BCUT2D eigenvalue weighted by atomic mass is 10.0. The van der Waals surface area contributed by atoms with E-state index < -0.39 is 5.60 Å². The zero-order valence-electron chi connectivity index (χ0n) is 9.66. The summed E-state index contributed by atoms with van der Waals surface area (Å²) in [7, 11) is 1.62. The maximum absolute atomic E-state index is 11.8. The van der Waals surface area contributed by atoms with Gasteiger partial charge in [0.25, 0.3) is 5.91 Å². The van der Waals surface area contributed by atoms with Crippen molar-refractivity contribution in [3.8, 4) is 0 Å². The molecule has 7 heteroatoms. The number of hydrogen-bond donors (Lipinski definition) is 3. The minimum absolute atomic E-state index is 0.273. The van der Waals surface area contributed by atoms with E-state index in [1.165, 1.54) is 6.20 Å². The zero-order valence-corrected chi connectivity index (χ0v) is 9.66. The van der Waals surface area contributed by atoms with Gasteiger partial charge in [-0.1, -0.05) is 0 Å². The molecule has 0 aromatic carbocycles. The number of nitrogens with zero attached hydrogens (tertiary/aromatic N) is 1. The maximum Gasteiger partial charge on any atom is 0.271 e. The number of nitrogens with one attached hydrogen (secondary N) is 2. The zero-order chi connectivity index (χ0) is 12.3. The van der Waals surface area contributed by atoms with Gasteiger partial charge < -0.3 is 20.5 Å². The van der Waals surface area contributed by atoms with Crippen LogP contribution < -0.4 is 11.1 Å². The third kappa shape index (κ3) is 2.40. The van der Waals surface area contributed by atoms with Gasteiger partial charge in [-0.25, -0.2) is 0 Å². The molecule has 1 fully saturated rings. The van der Waals surface area contributed by atoms with Gasteiger partial charge in [0, 0.05) is 26.7 Å². The monoisotopic (exact) mass is 240 g/mol. The Hall–Kier alpha value is -1.60. The van der Waals surface area contributed by atoms with Crippen LogP contribution in [0.2, 0.25) is 0 Å². The van der Waals surface area contributed by atoms with Gasteiger partial charge in [-0.15, -0.1) is 0 Å². The molecule has 1 atom stereocenters. The molecule has 1 amide bonds. The second-order valence-electron chi connectivity index (χ2n) is 4.07. The van der Waals surface area contributed by atoms with E-state index in [0.717, 1.165) is 6.42 Å². The molecule has 1 aromatic rings. The quantitative estimate of drug-likeness (QED) is 0.660. The molecule has 1 aliphatic heterocycles. The van der Waals surface area contributed by atoms with E-state index in [1.807, 2.05) is 0 Å². The predicted octanol–water partition coefficient (Wildman–Crippen LogP) is -0.473. The minimum Gasteiger partial charge on any atom is -0.396 e. The summed E-state index contributed by atoms with van der Waals surface area (Å²) in [6.07, 6.45) is 2.17. The average Bonchev–Trinajstić information content (AvgIpc) is 2.95. The standard InChI is InChI=1S/C10H16N4O3/c1-16-10(2-3-17-6-10)5-12-9(15)8-7(11)4-13-14-8/h4H,2-3,5-6,11H2,1H3,(H,12,15)(H,13,14). The molecule has 0 bridgehead atoms. The third-order valence-corrected chi connectivity index (χ3v) is 2.97. The summed E-state index contributed by atoms with van der Waals surface area (Å²) >= 11 is 0. The highest BCUT2D eigenvalue weighted by molar-refractivity contribution is 5.96. The van der Waals surface area contributed by atoms with Gasteiger partial charge in [0.05, 0.1) is 18.5 Å². The number of carbonyl (C=O) groups excluding carboxylic acids is 1. The molecular weight excluding hydrogens is 224 g/mol. The largest absolute Gasteiger partial charge is 0.396 e. The number of H-pyrrole nitrogens is 1. The van der Waals surface area contributed by atoms with Crippen LogP contribution in [0.1, 0.15) is 16.9 Å². The number of methoxy groups -OCH3 is 1. The number of rotatable bonds is 4. The number of ether oxygens (including phenoxy) is 2. The van der Waals surface area contributed by atoms with Crippen molar-refractivity contribution in [3.63, 3.8) is 0 Å². The van der Waals surface area contributed by atoms with Gasteiger partial charge in [0.2, 0.25) is 0 Å². The van der Waals surface area contributed by atoms with E-state index in [0.29, 0.717) is 25.4 Å². The first-order chi connectivity index (χ1) is 8.17. The van der Waals surface area contributed by atoms with Crippen LogP contribution in [0, 0.1) is 0 Å². The smallest absolute Gasteiger partial charge is 0.271 e. The maximum atomic E-state index is 11.8. The summed E-state index contributed by atoms with van der Waals surface area (Å²) in [6, 6.07) is 0. The second kappa shape index (κ2) is 4.72. The van der Waals surface area contributed by atoms with Crippen molar-refractivity contribution in [3.05, 3.63) is 11.9 Å². The third-order valence-electron chi connectivity index (χ3n) is 2.97. The number of nitrogens with two attached hydrogens (primary N) is 1. The average molecular weight is 240 g/mol. The fourth-order valence-corrected chi connectivity index (χ4v) is 1.77. The van der Waals surface area contributed by atoms with Crippen molar-refractivity contribution in [1.82, 2.24) is 15.5 Å². The Morgan fingerprint density at radius 2 is 2.65 bits per heavy atom. The van der Waals surface area contributed by atoms with Gasteiger partial charge in [0.15, 0.2) is 0 Å². The van der Waals surface area contributed by atoms with Crippen molar-refractivity contribution >= 4 is 11.6 Å². The lowest BCUT2D eigenvalue weighted by molar-refractivity contribution is -0.0149. The highest BCUT2D eigenvalue weighted by Gasteiger charge is 2.35. The minimum atomic E-state index is -0.426. The molecule has 1 aromatic heterocycles. The Bertz CT molecular complexity index is 398. The molecule has 0 aliphatic carbocycles. The van der Waals surface area contributed by atoms with Crippen LogP contribution in [0.25, 0.3) is 0 Å². The van der Waals surface area contributed by atoms with Crippen LogP contribution in [0.5, 0.6) is 0 Å². The number of anilines is 1. The lowest BCUT2D eigenvalue weighted by Gasteiger charge is -2.25. The fraction of sp³-hybridized carbons (Fsp3) is 0.600. The summed E-state index contributed by atoms with van der Waals surface area (Å²) in [5.41, 5.74) is 5.76. The molecule has 2 rings (SSSR count). The van der Waals surface area contributed by atoms with E-state index >= 15 is 0 Å². The molecule has 0 spiro atoms. The van der Waals surface area contributed by atoms with Crippen LogP contribution in [0.4, 0.5) is 5.69 Å². The fourth-order valence-electron chi connectivity index (χ4n) is 1.77. The molecule has 7 nitrogen and oxygen atoms in total. The Morgan fingerprint density at radius 1 is 1.82 bits per heavy atom. The van der Waals surface area contributed by atoms with Crippen LogP contribution in [0.3, 0.4) is 0 Å². The van der Waals surface area contributed by atoms with Crippen LogP contribution >= 0.6 is 0 Å². The Kier molecular flexibility index (Phi) is 3.30. The summed E-state index contributed by atoms with van der Waals surface area (Å²) in [5.74, 6) is -0.289. The molecule has 17 heavy (non-hydrogen) atoms. The lowest BCUT2D eigenvalue weighted by Crippen LogP contribution is -2.45. The summed E-state index contributed by atoms with van der Waals surface area (Å²) in [6.45, 7) is 1.53. The molecule has 94 valence electrons. The first-order valence-corrected chi connectivity index (χ1v) is 5.37. The SMILES string of the molecule is COC1(CNC(=O)c2[nH]ncc2N)CCOC1. The highest BCUT2D eigenvalue weighted by Crippen LogP contribution is 2.21. The number of carbonyl (C=O) groups is 1. The topological polar surface area (TPSA) is 102 Å². The molecule has 0 saturated carbocycles. The molecule has 2 heterocycles. The molecule has 1 unspecified atom stereocenters. The van der Waals surface area contributed by atoms with Crippen molar-refractivity contribution in [1.29, 1.82) is 0 Å². The Labute approximate surface area is 98.7 Å². The van der Waals surface area contributed by atoms with Crippen molar-refractivity contribution in [2.45, 2.75) is 12.0 Å². The Balaban J connectivity index is 1.94. The number of aromatic nitrogens is 2. The van der Waals surface area contributed by atoms with Crippen molar-refractivity contribution < 1.29 is 14.3 Å². The number of nitrogen functional groups attached to an aromatic ring is 1.